The van der Waals surface area contributed by atoms with E-state index in [2.05, 4.69) is 28.9 Å². The van der Waals surface area contributed by atoms with Crippen LogP contribution in [0.4, 0.5) is 0 Å². The molecule has 2 heterocycles. The first-order chi connectivity index (χ1) is 8.56. The number of hydrogen-bond acceptors (Lipinski definition) is 4. The molecule has 1 aromatic heterocycles. The molecule has 1 aliphatic heterocycles. The first-order valence-electron chi connectivity index (χ1n) is 6.59. The molecule has 0 saturated carbocycles. The Balaban J connectivity index is 1.86. The Kier molecular flexibility index (Phi) is 4.37. The van der Waals surface area contributed by atoms with Crippen LogP contribution < -0.4 is 0 Å². The van der Waals surface area contributed by atoms with Crippen molar-refractivity contribution in [1.29, 1.82) is 0 Å². The zero-order chi connectivity index (χ0) is 13.1. The van der Waals surface area contributed by atoms with E-state index in [0.717, 1.165) is 31.9 Å². The summed E-state index contributed by atoms with van der Waals surface area (Å²) < 4.78 is 1.97. The lowest BCUT2D eigenvalue weighted by molar-refractivity contribution is 0.0629. The molecule has 0 aliphatic carbocycles. The van der Waals surface area contributed by atoms with Gasteiger partial charge in [-0.3, -0.25) is 0 Å². The number of aliphatic hydroxyl groups is 1. The average Bonchev–Trinajstić information content (AvgIpc) is 2.70. The minimum absolute atomic E-state index is 0.315. The van der Waals surface area contributed by atoms with Crippen LogP contribution in [0.2, 0.25) is 0 Å². The quantitative estimate of drug-likeness (QED) is 0.817. The van der Waals surface area contributed by atoms with E-state index >= 15 is 0 Å². The smallest absolute Gasteiger partial charge is 0.110 e. The van der Waals surface area contributed by atoms with Crippen molar-refractivity contribution in [3.05, 3.63) is 18.2 Å². The summed E-state index contributed by atoms with van der Waals surface area (Å²) in [4.78, 5) is 8.94. The Morgan fingerprint density at radius 3 is 2.83 bits per heavy atom. The summed E-state index contributed by atoms with van der Waals surface area (Å²) >= 11 is 0. The minimum atomic E-state index is -0.315. The molecule has 1 aliphatic rings. The van der Waals surface area contributed by atoms with Crippen molar-refractivity contribution in [2.24, 2.45) is 7.05 Å². The van der Waals surface area contributed by atoms with Gasteiger partial charge in [-0.05, 0) is 20.5 Å². The maximum atomic E-state index is 10.2. The highest BCUT2D eigenvalue weighted by atomic mass is 16.3. The molecule has 0 spiro atoms. The predicted octanol–water partition coefficient (Wildman–Crippen LogP) is -0.0406. The zero-order valence-corrected chi connectivity index (χ0v) is 11.6. The number of aryl methyl sites for hydroxylation is 1. The number of nitrogens with zero attached hydrogens (tertiary/aromatic N) is 4. The summed E-state index contributed by atoms with van der Waals surface area (Å²) in [5, 5.41) is 10.2. The van der Waals surface area contributed by atoms with Crippen LogP contribution in [-0.4, -0.2) is 70.3 Å². The molecule has 2 rings (SSSR count). The molecule has 18 heavy (non-hydrogen) atoms. The number of imidazole rings is 1. The van der Waals surface area contributed by atoms with Crippen LogP contribution in [0.25, 0.3) is 0 Å². The van der Waals surface area contributed by atoms with E-state index < -0.39 is 0 Å². The lowest BCUT2D eigenvalue weighted by Crippen LogP contribution is -2.51. The zero-order valence-electron chi connectivity index (χ0n) is 11.6. The molecule has 2 atom stereocenters. The molecule has 102 valence electrons. The standard InChI is InChI=1S/C13H24N4O/c1-15-6-7-16(2)11(10-15)8-12(18)9-13-14-4-5-17(13)3/h4-5,11-12,18H,6-10H2,1-3H3. The summed E-state index contributed by atoms with van der Waals surface area (Å²) in [5.41, 5.74) is 0. The van der Waals surface area contributed by atoms with Crippen LogP contribution in [-0.2, 0) is 13.5 Å². The van der Waals surface area contributed by atoms with Crippen molar-refractivity contribution >= 4 is 0 Å². The topological polar surface area (TPSA) is 44.5 Å². The van der Waals surface area contributed by atoms with Crippen LogP contribution in [0.5, 0.6) is 0 Å². The Bertz CT molecular complexity index is 379. The van der Waals surface area contributed by atoms with E-state index in [0.29, 0.717) is 12.5 Å². The molecular weight excluding hydrogens is 228 g/mol. The average molecular weight is 252 g/mol. The van der Waals surface area contributed by atoms with Gasteiger partial charge in [-0.1, -0.05) is 0 Å². The van der Waals surface area contributed by atoms with Crippen LogP contribution in [0.3, 0.4) is 0 Å². The van der Waals surface area contributed by atoms with E-state index in [1.165, 1.54) is 0 Å². The van der Waals surface area contributed by atoms with E-state index in [1.807, 2.05) is 17.8 Å². The van der Waals surface area contributed by atoms with Crippen molar-refractivity contribution < 1.29 is 5.11 Å². The summed E-state index contributed by atoms with van der Waals surface area (Å²) in [6.07, 6.45) is 4.83. The van der Waals surface area contributed by atoms with Gasteiger partial charge in [0.1, 0.15) is 5.82 Å². The second-order valence-corrected chi connectivity index (χ2v) is 5.44. The number of likely N-dealkylation sites (N-methyl/N-ethyl adjacent to an activating group) is 2. The maximum absolute atomic E-state index is 10.2. The van der Waals surface area contributed by atoms with Crippen molar-refractivity contribution in [3.8, 4) is 0 Å². The number of piperazine rings is 1. The van der Waals surface area contributed by atoms with Gasteiger partial charge in [0.05, 0.1) is 6.10 Å². The maximum Gasteiger partial charge on any atom is 0.110 e. The van der Waals surface area contributed by atoms with E-state index in [-0.39, 0.29) is 6.10 Å². The molecule has 1 aromatic rings. The molecule has 1 saturated heterocycles. The van der Waals surface area contributed by atoms with Crippen LogP contribution in [0.1, 0.15) is 12.2 Å². The second kappa shape index (κ2) is 5.82. The van der Waals surface area contributed by atoms with Gasteiger partial charge >= 0.3 is 0 Å². The molecule has 2 unspecified atom stereocenters. The highest BCUT2D eigenvalue weighted by Crippen LogP contribution is 2.14. The van der Waals surface area contributed by atoms with Crippen molar-refractivity contribution in [2.45, 2.75) is 25.0 Å². The van der Waals surface area contributed by atoms with Gasteiger partial charge in [0.15, 0.2) is 0 Å². The fraction of sp³-hybridized carbons (Fsp3) is 0.769. The van der Waals surface area contributed by atoms with Gasteiger partial charge in [0.2, 0.25) is 0 Å². The van der Waals surface area contributed by atoms with Gasteiger partial charge in [-0.25, -0.2) is 4.98 Å². The predicted molar refractivity (Wildman–Crippen MR) is 71.5 cm³/mol. The normalized spacial score (nSPS) is 24.3. The minimum Gasteiger partial charge on any atom is -0.393 e. The Hall–Kier alpha value is -0.910. The fourth-order valence-electron chi connectivity index (χ4n) is 2.56. The second-order valence-electron chi connectivity index (χ2n) is 5.44. The van der Waals surface area contributed by atoms with E-state index in [4.69, 9.17) is 0 Å². The highest BCUT2D eigenvalue weighted by Gasteiger charge is 2.24. The number of aromatic nitrogens is 2. The largest absolute Gasteiger partial charge is 0.393 e. The molecule has 5 nitrogen and oxygen atoms in total. The van der Waals surface area contributed by atoms with E-state index in [1.54, 1.807) is 6.20 Å². The van der Waals surface area contributed by atoms with Gasteiger partial charge in [0, 0.05) is 51.5 Å². The number of aliphatic hydroxyl groups excluding tert-OH is 1. The van der Waals surface area contributed by atoms with Gasteiger partial charge in [-0.15, -0.1) is 0 Å². The lowest BCUT2D eigenvalue weighted by Gasteiger charge is -2.38. The summed E-state index contributed by atoms with van der Waals surface area (Å²) in [7, 11) is 6.26. The highest BCUT2D eigenvalue weighted by molar-refractivity contribution is 4.94. The molecule has 5 heteroatoms. The van der Waals surface area contributed by atoms with Crippen molar-refractivity contribution in [3.63, 3.8) is 0 Å². The first kappa shape index (κ1) is 13.5. The van der Waals surface area contributed by atoms with Crippen molar-refractivity contribution in [1.82, 2.24) is 19.4 Å². The molecular formula is C13H24N4O. The summed E-state index contributed by atoms with van der Waals surface area (Å²) in [6.45, 7) is 3.23. The number of hydrogen-bond donors (Lipinski definition) is 1. The molecule has 0 amide bonds. The first-order valence-corrected chi connectivity index (χ1v) is 6.59. The van der Waals surface area contributed by atoms with Crippen LogP contribution in [0.15, 0.2) is 12.4 Å². The molecule has 0 bridgehead atoms. The summed E-state index contributed by atoms with van der Waals surface area (Å²) in [6, 6.07) is 0.444. The van der Waals surface area contributed by atoms with Crippen LogP contribution >= 0.6 is 0 Å². The third kappa shape index (κ3) is 3.31. The molecule has 1 N–H and O–H groups in total. The fourth-order valence-corrected chi connectivity index (χ4v) is 2.56. The molecule has 1 fully saturated rings. The third-order valence-corrected chi connectivity index (χ3v) is 3.86. The van der Waals surface area contributed by atoms with Gasteiger partial charge in [-0.2, -0.15) is 0 Å². The van der Waals surface area contributed by atoms with Crippen molar-refractivity contribution in [2.75, 3.05) is 33.7 Å². The van der Waals surface area contributed by atoms with E-state index in [9.17, 15) is 5.11 Å². The monoisotopic (exact) mass is 252 g/mol. The number of rotatable bonds is 4. The van der Waals surface area contributed by atoms with Crippen LogP contribution in [0, 0.1) is 0 Å². The van der Waals surface area contributed by atoms with Gasteiger partial charge < -0.3 is 19.5 Å². The lowest BCUT2D eigenvalue weighted by atomic mass is 10.0. The third-order valence-electron chi connectivity index (χ3n) is 3.86. The van der Waals surface area contributed by atoms with Gasteiger partial charge in [0.25, 0.3) is 0 Å². The Morgan fingerprint density at radius 2 is 2.17 bits per heavy atom. The Morgan fingerprint density at radius 1 is 1.39 bits per heavy atom. The molecule has 0 radical (unpaired) electrons. The SMILES string of the molecule is CN1CCN(C)C(CC(O)Cc2nccn2C)C1. The molecule has 0 aromatic carbocycles. The summed E-state index contributed by atoms with van der Waals surface area (Å²) in [5.74, 6) is 0.953. The Labute approximate surface area is 109 Å².